The van der Waals surface area contributed by atoms with E-state index in [1.807, 2.05) is 0 Å². The molecule has 0 atom stereocenters. The fourth-order valence-corrected chi connectivity index (χ4v) is 16.2. The second-order valence-electron chi connectivity index (χ2n) is 5.46. The van der Waals surface area contributed by atoms with Crippen LogP contribution in [0.2, 0.25) is 17.9 Å². The molecule has 0 nitrogen and oxygen atoms in total. The van der Waals surface area contributed by atoms with Crippen LogP contribution in [0.3, 0.4) is 0 Å². The molecule has 106 valence electrons. The molecule has 0 amide bonds. The Morgan fingerprint density at radius 3 is 0.882 bits per heavy atom. The SMILES string of the molecule is CCCC[Te](CCCC)(CCCC)CCCC. The Bertz CT molecular complexity index is 116. The van der Waals surface area contributed by atoms with E-state index in [1.165, 1.54) is 51.4 Å². The molecule has 0 bridgehead atoms. The fraction of sp³-hybridized carbons (Fsp3) is 1.00. The van der Waals surface area contributed by atoms with Crippen LogP contribution in [0.4, 0.5) is 0 Å². The summed E-state index contributed by atoms with van der Waals surface area (Å²) in [5.74, 6) is 0. The minimum atomic E-state index is -1.46. The molecule has 0 rings (SSSR count). The van der Waals surface area contributed by atoms with Crippen molar-refractivity contribution in [2.45, 2.75) is 96.9 Å². The van der Waals surface area contributed by atoms with Gasteiger partial charge in [0.1, 0.15) is 0 Å². The van der Waals surface area contributed by atoms with Crippen molar-refractivity contribution in [3.63, 3.8) is 0 Å². The normalized spacial score (nSPS) is 12.9. The second-order valence-corrected chi connectivity index (χ2v) is 17.1. The standard InChI is InChI=1S/C16H36Te/c1-5-9-13-17(14-10-6-2,15-11-7-3)16-12-8-4/h5-16H2,1-4H3. The third-order valence-electron chi connectivity index (χ3n) is 3.72. The number of unbranched alkanes of at least 4 members (excludes halogenated alkanes) is 4. The van der Waals surface area contributed by atoms with Gasteiger partial charge in [-0.2, -0.15) is 0 Å². The van der Waals surface area contributed by atoms with Crippen molar-refractivity contribution in [2.24, 2.45) is 0 Å². The molecule has 0 aromatic heterocycles. The monoisotopic (exact) mass is 358 g/mol. The topological polar surface area (TPSA) is 0 Å². The summed E-state index contributed by atoms with van der Waals surface area (Å²) in [7, 11) is 0. The molecule has 0 aromatic rings. The van der Waals surface area contributed by atoms with Gasteiger partial charge in [0.2, 0.25) is 0 Å². The van der Waals surface area contributed by atoms with E-state index in [0.29, 0.717) is 0 Å². The Kier molecular flexibility index (Phi) is 12.4. The van der Waals surface area contributed by atoms with Crippen molar-refractivity contribution in [1.29, 1.82) is 0 Å². The van der Waals surface area contributed by atoms with Gasteiger partial charge in [-0.1, -0.05) is 0 Å². The van der Waals surface area contributed by atoms with E-state index in [-0.39, 0.29) is 0 Å². The molecule has 0 aromatic carbocycles. The average Bonchev–Trinajstić information content (AvgIpc) is 2.37. The van der Waals surface area contributed by atoms with Gasteiger partial charge in [-0.25, -0.2) is 0 Å². The van der Waals surface area contributed by atoms with Crippen LogP contribution in [0.15, 0.2) is 0 Å². The van der Waals surface area contributed by atoms with Crippen molar-refractivity contribution in [2.75, 3.05) is 0 Å². The van der Waals surface area contributed by atoms with Crippen LogP contribution >= 0.6 is 0 Å². The van der Waals surface area contributed by atoms with Gasteiger partial charge in [0.05, 0.1) is 0 Å². The molecule has 0 N–H and O–H groups in total. The molecule has 0 radical (unpaired) electrons. The molecule has 0 spiro atoms. The van der Waals surface area contributed by atoms with Gasteiger partial charge in [0.25, 0.3) is 0 Å². The third-order valence-corrected chi connectivity index (χ3v) is 16.9. The molecule has 0 fully saturated rings. The van der Waals surface area contributed by atoms with Crippen molar-refractivity contribution in [3.05, 3.63) is 0 Å². The van der Waals surface area contributed by atoms with E-state index in [1.54, 1.807) is 17.9 Å². The molecule has 0 saturated heterocycles. The zero-order chi connectivity index (χ0) is 13.0. The summed E-state index contributed by atoms with van der Waals surface area (Å²) >= 11 is -1.46. The number of hydrogen-bond acceptors (Lipinski definition) is 0. The molecule has 0 aliphatic carbocycles. The molecule has 0 aliphatic heterocycles. The van der Waals surface area contributed by atoms with Crippen molar-refractivity contribution in [3.8, 4) is 0 Å². The first-order chi connectivity index (χ1) is 8.24. The van der Waals surface area contributed by atoms with Crippen LogP contribution in [-0.4, -0.2) is 18.2 Å². The molecule has 0 saturated carbocycles. The summed E-state index contributed by atoms with van der Waals surface area (Å²) in [5, 5.41) is 0. The van der Waals surface area contributed by atoms with Crippen LogP contribution in [0.5, 0.6) is 0 Å². The predicted octanol–water partition coefficient (Wildman–Crippen LogP) is 6.64. The molecule has 0 unspecified atom stereocenters. The summed E-state index contributed by atoms with van der Waals surface area (Å²) in [6.45, 7) is 9.47. The Morgan fingerprint density at radius 1 is 0.471 bits per heavy atom. The Morgan fingerprint density at radius 2 is 0.706 bits per heavy atom. The van der Waals surface area contributed by atoms with E-state index in [0.717, 1.165) is 0 Å². The van der Waals surface area contributed by atoms with Crippen LogP contribution in [0.1, 0.15) is 79.1 Å². The summed E-state index contributed by atoms with van der Waals surface area (Å²) in [4.78, 5) is 0. The van der Waals surface area contributed by atoms with Crippen LogP contribution in [0.25, 0.3) is 0 Å². The molecule has 0 aliphatic rings. The average molecular weight is 356 g/mol. The van der Waals surface area contributed by atoms with E-state index in [2.05, 4.69) is 27.7 Å². The van der Waals surface area contributed by atoms with Crippen molar-refractivity contribution >= 4 is 18.2 Å². The first kappa shape index (κ1) is 17.8. The first-order valence-electron chi connectivity index (χ1n) is 7.98. The summed E-state index contributed by atoms with van der Waals surface area (Å²) in [5.41, 5.74) is 0. The van der Waals surface area contributed by atoms with E-state index in [4.69, 9.17) is 0 Å². The Hall–Kier alpha value is 0.790. The molecule has 17 heavy (non-hydrogen) atoms. The maximum atomic E-state index is 2.37. The second kappa shape index (κ2) is 11.9. The Labute approximate surface area is 115 Å². The molecule has 1 heteroatoms. The summed E-state index contributed by atoms with van der Waals surface area (Å²) in [6.07, 6.45) is 11.8. The van der Waals surface area contributed by atoms with Gasteiger partial charge in [-0.3, -0.25) is 0 Å². The number of rotatable bonds is 12. The van der Waals surface area contributed by atoms with E-state index < -0.39 is 18.2 Å². The van der Waals surface area contributed by atoms with Crippen LogP contribution in [0, 0.1) is 0 Å². The van der Waals surface area contributed by atoms with Crippen LogP contribution in [-0.2, 0) is 0 Å². The first-order valence-corrected chi connectivity index (χ1v) is 14.6. The molecular weight excluding hydrogens is 320 g/mol. The van der Waals surface area contributed by atoms with Gasteiger partial charge in [0, 0.05) is 0 Å². The van der Waals surface area contributed by atoms with Crippen LogP contribution < -0.4 is 0 Å². The summed E-state index contributed by atoms with van der Waals surface area (Å²) < 4.78 is 6.72. The fourth-order valence-electron chi connectivity index (χ4n) is 2.41. The van der Waals surface area contributed by atoms with Gasteiger partial charge >= 0.3 is 115 Å². The zero-order valence-corrected chi connectivity index (χ0v) is 15.2. The van der Waals surface area contributed by atoms with Gasteiger partial charge in [-0.05, 0) is 0 Å². The van der Waals surface area contributed by atoms with Crippen molar-refractivity contribution in [1.82, 2.24) is 0 Å². The molecule has 0 heterocycles. The van der Waals surface area contributed by atoms with E-state index >= 15 is 0 Å². The molecular formula is C16H36Te. The quantitative estimate of drug-likeness (QED) is 0.344. The third kappa shape index (κ3) is 8.50. The van der Waals surface area contributed by atoms with Gasteiger partial charge in [-0.15, -0.1) is 0 Å². The van der Waals surface area contributed by atoms with Gasteiger partial charge in [0.15, 0.2) is 0 Å². The Balaban J connectivity index is 4.39. The van der Waals surface area contributed by atoms with Crippen molar-refractivity contribution < 1.29 is 0 Å². The van der Waals surface area contributed by atoms with Gasteiger partial charge < -0.3 is 0 Å². The maximum absolute atomic E-state index is 2.37. The zero-order valence-electron chi connectivity index (χ0n) is 12.9. The van der Waals surface area contributed by atoms with E-state index in [9.17, 15) is 0 Å². The minimum absolute atomic E-state index is 1.41. The summed E-state index contributed by atoms with van der Waals surface area (Å²) in [6, 6.07) is 0. The number of hydrogen-bond donors (Lipinski definition) is 0. The predicted molar refractivity (Wildman–Crippen MR) is 84.6 cm³/mol.